The Labute approximate surface area is 160 Å². The Morgan fingerprint density at radius 1 is 1.48 bits per heavy atom. The van der Waals surface area contributed by atoms with Crippen LogP contribution in [0.3, 0.4) is 0 Å². The molecule has 0 bridgehead atoms. The van der Waals surface area contributed by atoms with Gasteiger partial charge < -0.3 is 20.3 Å². The highest BCUT2D eigenvalue weighted by atomic mass is 32.2. The molecular weight excluding hydrogens is 373 g/mol. The van der Waals surface area contributed by atoms with Gasteiger partial charge in [0.15, 0.2) is 17.6 Å². The number of rotatable bonds is 9. The van der Waals surface area contributed by atoms with Crippen LogP contribution in [0.25, 0.3) is 0 Å². The number of aromatic nitrogens is 1. The van der Waals surface area contributed by atoms with Gasteiger partial charge in [0.2, 0.25) is 0 Å². The molecular formula is C17H28FN5O3S. The molecule has 0 spiro atoms. The van der Waals surface area contributed by atoms with Crippen LogP contribution in [0.15, 0.2) is 23.3 Å². The first-order chi connectivity index (χ1) is 12.9. The van der Waals surface area contributed by atoms with Crippen LogP contribution in [0.5, 0.6) is 0 Å². The van der Waals surface area contributed by atoms with Gasteiger partial charge >= 0.3 is 0 Å². The van der Waals surface area contributed by atoms with Crippen molar-refractivity contribution in [3.63, 3.8) is 0 Å². The Balaban J connectivity index is 1.79. The Bertz CT molecular complexity index is 729. The third-order valence-corrected chi connectivity index (χ3v) is 4.92. The number of nitrogens with one attached hydrogen (secondary N) is 2. The summed E-state index contributed by atoms with van der Waals surface area (Å²) >= 11 is 0. The van der Waals surface area contributed by atoms with Crippen molar-refractivity contribution in [1.82, 2.24) is 15.6 Å². The van der Waals surface area contributed by atoms with E-state index in [1.165, 1.54) is 12.3 Å². The van der Waals surface area contributed by atoms with Crippen LogP contribution in [-0.2, 0) is 14.6 Å². The van der Waals surface area contributed by atoms with Gasteiger partial charge in [0.05, 0.1) is 25.5 Å². The zero-order valence-electron chi connectivity index (χ0n) is 15.8. The van der Waals surface area contributed by atoms with Crippen LogP contribution >= 0.6 is 0 Å². The Morgan fingerprint density at radius 2 is 2.30 bits per heavy atom. The predicted molar refractivity (Wildman–Crippen MR) is 104 cm³/mol. The van der Waals surface area contributed by atoms with Gasteiger partial charge in [0.1, 0.15) is 9.84 Å². The zero-order chi connectivity index (χ0) is 19.7. The second kappa shape index (κ2) is 10.4. The smallest absolute Gasteiger partial charge is 0.191 e. The molecule has 1 aliphatic rings. The third kappa shape index (κ3) is 7.67. The summed E-state index contributed by atoms with van der Waals surface area (Å²) in [5.74, 6) is 0.738. The van der Waals surface area contributed by atoms with Gasteiger partial charge in [0.25, 0.3) is 0 Å². The number of anilines is 1. The van der Waals surface area contributed by atoms with Crippen molar-refractivity contribution in [2.45, 2.75) is 19.4 Å². The Kier molecular flexibility index (Phi) is 8.23. The summed E-state index contributed by atoms with van der Waals surface area (Å²) in [6.45, 7) is 5.00. The van der Waals surface area contributed by atoms with Gasteiger partial charge in [-0.15, -0.1) is 0 Å². The monoisotopic (exact) mass is 401 g/mol. The molecule has 2 heterocycles. The first kappa shape index (κ1) is 21.4. The van der Waals surface area contributed by atoms with Crippen molar-refractivity contribution in [3.8, 4) is 0 Å². The van der Waals surface area contributed by atoms with Gasteiger partial charge in [-0.1, -0.05) is 0 Å². The molecule has 8 nitrogen and oxygen atoms in total. The molecule has 0 amide bonds. The van der Waals surface area contributed by atoms with E-state index in [-0.39, 0.29) is 24.2 Å². The Hall–Kier alpha value is -1.94. The van der Waals surface area contributed by atoms with Gasteiger partial charge in [-0.25, -0.2) is 17.8 Å². The molecule has 0 radical (unpaired) electrons. The summed E-state index contributed by atoms with van der Waals surface area (Å²) in [7, 11) is -3.01. The van der Waals surface area contributed by atoms with Crippen molar-refractivity contribution in [2.75, 3.05) is 56.3 Å². The molecule has 2 N–H and O–H groups in total. The number of sulfone groups is 1. The molecule has 1 aromatic rings. The predicted octanol–water partition coefficient (Wildman–Crippen LogP) is 0.416. The number of aliphatic imine (C=N–C) groups is 1. The van der Waals surface area contributed by atoms with E-state index in [4.69, 9.17) is 4.74 Å². The average molecular weight is 402 g/mol. The van der Waals surface area contributed by atoms with Gasteiger partial charge in [-0.2, -0.15) is 0 Å². The van der Waals surface area contributed by atoms with Gasteiger partial charge in [-0.3, -0.25) is 4.99 Å². The van der Waals surface area contributed by atoms with E-state index in [2.05, 4.69) is 20.6 Å². The van der Waals surface area contributed by atoms with Crippen molar-refractivity contribution in [2.24, 2.45) is 4.99 Å². The lowest BCUT2D eigenvalue weighted by molar-refractivity contribution is 0.157. The lowest BCUT2D eigenvalue weighted by atomic mass is 10.3. The lowest BCUT2D eigenvalue weighted by Crippen LogP contribution is -2.44. The molecule has 152 valence electrons. The van der Waals surface area contributed by atoms with Crippen LogP contribution in [0.1, 0.15) is 13.3 Å². The molecule has 0 aliphatic carbocycles. The second-order valence-electron chi connectivity index (χ2n) is 6.39. The molecule has 1 aliphatic heterocycles. The van der Waals surface area contributed by atoms with E-state index in [9.17, 15) is 12.8 Å². The molecule has 2 rings (SSSR count). The Morgan fingerprint density at radius 3 is 3.00 bits per heavy atom. The molecule has 10 heteroatoms. The molecule has 1 unspecified atom stereocenters. The standard InChI is InChI=1S/C17H28FN5O3S/c1-3-19-17(21-8-10-26-11-12-27(2,24)25)22-14-6-9-23(13-14)16-15(18)5-4-7-20-16/h4-5,7,14H,3,6,8-13H2,1-2H3,(H2,19,21,22). The number of guanidine groups is 1. The summed E-state index contributed by atoms with van der Waals surface area (Å²) in [4.78, 5) is 10.5. The van der Waals surface area contributed by atoms with Crippen LogP contribution in [0.4, 0.5) is 10.2 Å². The summed E-state index contributed by atoms with van der Waals surface area (Å²) < 4.78 is 41.3. The number of hydrogen-bond acceptors (Lipinski definition) is 6. The first-order valence-corrected chi connectivity index (χ1v) is 11.1. The topological polar surface area (TPSA) is 95.9 Å². The number of pyridine rings is 1. The number of halogens is 1. The second-order valence-corrected chi connectivity index (χ2v) is 8.65. The molecule has 1 saturated heterocycles. The fraction of sp³-hybridized carbons (Fsp3) is 0.647. The molecule has 1 fully saturated rings. The van der Waals surface area contributed by atoms with Crippen molar-refractivity contribution in [1.29, 1.82) is 0 Å². The van der Waals surface area contributed by atoms with Crippen LogP contribution < -0.4 is 15.5 Å². The largest absolute Gasteiger partial charge is 0.378 e. The SMILES string of the molecule is CCNC(=NCCOCCS(C)(=O)=O)NC1CCN(c2ncccc2F)C1. The zero-order valence-corrected chi connectivity index (χ0v) is 16.6. The van der Waals surface area contributed by atoms with Crippen LogP contribution in [0, 0.1) is 5.82 Å². The number of hydrogen-bond donors (Lipinski definition) is 2. The fourth-order valence-electron chi connectivity index (χ4n) is 2.73. The van der Waals surface area contributed by atoms with E-state index in [1.54, 1.807) is 12.3 Å². The highest BCUT2D eigenvalue weighted by Crippen LogP contribution is 2.20. The van der Waals surface area contributed by atoms with Gasteiger partial charge in [-0.05, 0) is 25.5 Å². The normalized spacial score (nSPS) is 18.0. The van der Waals surface area contributed by atoms with Crippen LogP contribution in [0.2, 0.25) is 0 Å². The maximum atomic E-state index is 13.9. The third-order valence-electron chi connectivity index (χ3n) is 4.02. The summed E-state index contributed by atoms with van der Waals surface area (Å²) in [5, 5.41) is 6.52. The van der Waals surface area contributed by atoms with Gasteiger partial charge in [0, 0.05) is 38.1 Å². The van der Waals surface area contributed by atoms with E-state index in [0.29, 0.717) is 38.0 Å². The maximum Gasteiger partial charge on any atom is 0.191 e. The molecule has 1 atom stereocenters. The van der Waals surface area contributed by atoms with E-state index in [1.807, 2.05) is 11.8 Å². The van der Waals surface area contributed by atoms with E-state index < -0.39 is 9.84 Å². The average Bonchev–Trinajstić information content (AvgIpc) is 3.06. The van der Waals surface area contributed by atoms with Crippen LogP contribution in [-0.4, -0.2) is 76.8 Å². The van der Waals surface area contributed by atoms with E-state index in [0.717, 1.165) is 13.0 Å². The van der Waals surface area contributed by atoms with E-state index >= 15 is 0 Å². The highest BCUT2D eigenvalue weighted by molar-refractivity contribution is 7.90. The van der Waals surface area contributed by atoms with Crippen molar-refractivity contribution >= 4 is 21.6 Å². The fourth-order valence-corrected chi connectivity index (χ4v) is 3.15. The highest BCUT2D eigenvalue weighted by Gasteiger charge is 2.25. The summed E-state index contributed by atoms with van der Waals surface area (Å²) in [6.07, 6.45) is 3.63. The molecule has 27 heavy (non-hydrogen) atoms. The minimum Gasteiger partial charge on any atom is -0.378 e. The minimum atomic E-state index is -3.01. The number of ether oxygens (including phenoxy) is 1. The molecule has 1 aromatic heterocycles. The summed E-state index contributed by atoms with van der Waals surface area (Å²) in [6, 6.07) is 3.13. The molecule has 0 aromatic carbocycles. The lowest BCUT2D eigenvalue weighted by Gasteiger charge is -2.19. The maximum absolute atomic E-state index is 13.9. The first-order valence-electron chi connectivity index (χ1n) is 9.05. The summed E-state index contributed by atoms with van der Waals surface area (Å²) in [5.41, 5.74) is 0. The molecule has 0 saturated carbocycles. The van der Waals surface area contributed by atoms with Crippen molar-refractivity contribution in [3.05, 3.63) is 24.1 Å². The van der Waals surface area contributed by atoms with Crippen molar-refractivity contribution < 1.29 is 17.5 Å². The minimum absolute atomic E-state index is 0.0109. The quantitative estimate of drug-likeness (QED) is 0.352. The number of nitrogens with zero attached hydrogens (tertiary/aromatic N) is 3.